The molecule has 2 N–H and O–H groups in total. The van der Waals surface area contributed by atoms with Gasteiger partial charge in [0, 0.05) is 39.5 Å². The largest absolute Gasteiger partial charge is 0.370 e. The molecule has 2 rings (SSSR count). The van der Waals surface area contributed by atoms with Crippen LogP contribution in [0.15, 0.2) is 30.3 Å². The zero-order valence-corrected chi connectivity index (χ0v) is 11.8. The highest BCUT2D eigenvalue weighted by molar-refractivity contribution is 5.74. The molecule has 0 spiro atoms. The van der Waals surface area contributed by atoms with Gasteiger partial charge in [0.05, 0.1) is 6.04 Å². The predicted molar refractivity (Wildman–Crippen MR) is 76.8 cm³/mol. The average molecular weight is 275 g/mol. The minimum Gasteiger partial charge on any atom is -0.370 e. The lowest BCUT2D eigenvalue weighted by Gasteiger charge is -2.41. The van der Waals surface area contributed by atoms with E-state index in [2.05, 4.69) is 4.90 Å². The fourth-order valence-corrected chi connectivity index (χ4v) is 2.65. The van der Waals surface area contributed by atoms with E-state index in [-0.39, 0.29) is 17.9 Å². The van der Waals surface area contributed by atoms with E-state index in [1.54, 1.807) is 6.92 Å². The lowest BCUT2D eigenvalue weighted by atomic mass is 10.0. The molecule has 1 heterocycles. The second-order valence-corrected chi connectivity index (χ2v) is 5.16. The Morgan fingerprint density at radius 2 is 1.95 bits per heavy atom. The fourth-order valence-electron chi connectivity index (χ4n) is 2.65. The van der Waals surface area contributed by atoms with Crippen LogP contribution in [-0.2, 0) is 9.59 Å². The molecule has 1 unspecified atom stereocenters. The minimum absolute atomic E-state index is 0.0512. The molecule has 1 saturated heterocycles. The summed E-state index contributed by atoms with van der Waals surface area (Å²) < 4.78 is 0. The Balaban J connectivity index is 2.10. The Morgan fingerprint density at radius 1 is 1.25 bits per heavy atom. The standard InChI is InChI=1S/C15H21N3O2/c1-12(19)18-10-9-17(8-7-15(16)20)11-14(18)13-5-3-2-4-6-13/h2-6,14H,7-11H2,1H3,(H2,16,20). The second-order valence-electron chi connectivity index (χ2n) is 5.16. The van der Waals surface area contributed by atoms with Crippen molar-refractivity contribution in [3.8, 4) is 0 Å². The summed E-state index contributed by atoms with van der Waals surface area (Å²) in [4.78, 5) is 26.8. The van der Waals surface area contributed by atoms with E-state index in [9.17, 15) is 9.59 Å². The van der Waals surface area contributed by atoms with Crippen molar-refractivity contribution in [2.24, 2.45) is 5.73 Å². The topological polar surface area (TPSA) is 66.6 Å². The quantitative estimate of drug-likeness (QED) is 0.882. The van der Waals surface area contributed by atoms with Gasteiger partial charge in [0.2, 0.25) is 11.8 Å². The summed E-state index contributed by atoms with van der Waals surface area (Å²) in [5, 5.41) is 0. The molecule has 20 heavy (non-hydrogen) atoms. The van der Waals surface area contributed by atoms with Crippen molar-refractivity contribution in [1.82, 2.24) is 9.80 Å². The number of amides is 2. The van der Waals surface area contributed by atoms with Gasteiger partial charge in [0.15, 0.2) is 0 Å². The molecule has 1 aliphatic heterocycles. The Morgan fingerprint density at radius 3 is 2.55 bits per heavy atom. The SMILES string of the molecule is CC(=O)N1CCN(CCC(N)=O)CC1c1ccccc1. The molecule has 0 bridgehead atoms. The monoisotopic (exact) mass is 275 g/mol. The molecule has 0 aromatic heterocycles. The number of hydrogen-bond donors (Lipinski definition) is 1. The maximum atomic E-state index is 11.8. The molecule has 108 valence electrons. The van der Waals surface area contributed by atoms with Gasteiger partial charge in [-0.2, -0.15) is 0 Å². The molecule has 5 heteroatoms. The van der Waals surface area contributed by atoms with Crippen LogP contribution in [0.5, 0.6) is 0 Å². The number of rotatable bonds is 4. The number of piperazine rings is 1. The van der Waals surface area contributed by atoms with Crippen LogP contribution in [0.1, 0.15) is 24.9 Å². The lowest BCUT2D eigenvalue weighted by Crippen LogP contribution is -2.50. The van der Waals surface area contributed by atoms with Gasteiger partial charge in [-0.1, -0.05) is 30.3 Å². The molecule has 0 radical (unpaired) electrons. The molecular weight excluding hydrogens is 254 g/mol. The van der Waals surface area contributed by atoms with Crippen LogP contribution in [-0.4, -0.2) is 47.8 Å². The van der Waals surface area contributed by atoms with Crippen LogP contribution in [0, 0.1) is 0 Å². The molecule has 1 aliphatic rings. The van der Waals surface area contributed by atoms with E-state index in [0.29, 0.717) is 19.5 Å². The molecule has 1 aromatic rings. The van der Waals surface area contributed by atoms with Gasteiger partial charge in [-0.05, 0) is 5.56 Å². The van der Waals surface area contributed by atoms with E-state index in [1.807, 2.05) is 35.2 Å². The Bertz CT molecular complexity index is 475. The van der Waals surface area contributed by atoms with Crippen molar-refractivity contribution >= 4 is 11.8 Å². The van der Waals surface area contributed by atoms with E-state index < -0.39 is 0 Å². The molecular formula is C15H21N3O2. The van der Waals surface area contributed by atoms with Gasteiger partial charge >= 0.3 is 0 Å². The first-order valence-corrected chi connectivity index (χ1v) is 6.90. The van der Waals surface area contributed by atoms with Crippen molar-refractivity contribution in [3.63, 3.8) is 0 Å². The number of hydrogen-bond acceptors (Lipinski definition) is 3. The number of nitrogens with zero attached hydrogens (tertiary/aromatic N) is 2. The third-order valence-corrected chi connectivity index (χ3v) is 3.73. The van der Waals surface area contributed by atoms with E-state index in [1.165, 1.54) is 0 Å². The Hall–Kier alpha value is -1.88. The number of carbonyl (C=O) groups is 2. The van der Waals surface area contributed by atoms with Gasteiger partial charge in [-0.15, -0.1) is 0 Å². The highest BCUT2D eigenvalue weighted by atomic mass is 16.2. The summed E-state index contributed by atoms with van der Waals surface area (Å²) in [6.45, 7) is 4.49. The molecule has 1 fully saturated rings. The first-order chi connectivity index (χ1) is 9.58. The molecule has 2 amide bonds. The average Bonchev–Trinajstić information content (AvgIpc) is 2.45. The Kier molecular flexibility index (Phi) is 4.74. The first-order valence-electron chi connectivity index (χ1n) is 6.90. The van der Waals surface area contributed by atoms with Crippen molar-refractivity contribution < 1.29 is 9.59 Å². The van der Waals surface area contributed by atoms with Crippen LogP contribution in [0.3, 0.4) is 0 Å². The maximum absolute atomic E-state index is 11.8. The zero-order valence-electron chi connectivity index (χ0n) is 11.8. The van der Waals surface area contributed by atoms with E-state index >= 15 is 0 Å². The number of nitrogens with two attached hydrogens (primary N) is 1. The number of carbonyl (C=O) groups excluding carboxylic acids is 2. The second kappa shape index (κ2) is 6.52. The molecule has 5 nitrogen and oxygen atoms in total. The minimum atomic E-state index is -0.282. The van der Waals surface area contributed by atoms with Crippen LogP contribution in [0.2, 0.25) is 0 Å². The van der Waals surface area contributed by atoms with Crippen LogP contribution < -0.4 is 5.73 Å². The molecule has 0 saturated carbocycles. The van der Waals surface area contributed by atoms with Crippen molar-refractivity contribution in [1.29, 1.82) is 0 Å². The van der Waals surface area contributed by atoms with Crippen LogP contribution in [0.25, 0.3) is 0 Å². The van der Waals surface area contributed by atoms with Crippen LogP contribution in [0.4, 0.5) is 0 Å². The number of benzene rings is 1. The zero-order chi connectivity index (χ0) is 14.5. The summed E-state index contributed by atoms with van der Waals surface area (Å²) in [7, 11) is 0. The third kappa shape index (κ3) is 3.57. The first kappa shape index (κ1) is 14.5. The van der Waals surface area contributed by atoms with Gasteiger partial charge in [-0.3, -0.25) is 14.5 Å². The summed E-state index contributed by atoms with van der Waals surface area (Å²) >= 11 is 0. The summed E-state index contributed by atoms with van der Waals surface area (Å²) in [5.74, 6) is -0.191. The van der Waals surface area contributed by atoms with Gasteiger partial charge in [0.25, 0.3) is 0 Å². The molecule has 0 aliphatic carbocycles. The van der Waals surface area contributed by atoms with Gasteiger partial charge < -0.3 is 10.6 Å². The highest BCUT2D eigenvalue weighted by Gasteiger charge is 2.29. The fraction of sp³-hybridized carbons (Fsp3) is 0.467. The lowest BCUT2D eigenvalue weighted by molar-refractivity contribution is -0.134. The smallest absolute Gasteiger partial charge is 0.220 e. The van der Waals surface area contributed by atoms with Crippen LogP contribution >= 0.6 is 0 Å². The predicted octanol–water partition coefficient (Wildman–Crippen LogP) is 0.767. The number of primary amides is 1. The van der Waals surface area contributed by atoms with E-state index in [0.717, 1.165) is 18.7 Å². The highest BCUT2D eigenvalue weighted by Crippen LogP contribution is 2.25. The molecule has 1 atom stereocenters. The Labute approximate surface area is 119 Å². The van der Waals surface area contributed by atoms with Crippen molar-refractivity contribution in [2.75, 3.05) is 26.2 Å². The van der Waals surface area contributed by atoms with Crippen molar-refractivity contribution in [3.05, 3.63) is 35.9 Å². The van der Waals surface area contributed by atoms with Gasteiger partial charge in [-0.25, -0.2) is 0 Å². The maximum Gasteiger partial charge on any atom is 0.220 e. The van der Waals surface area contributed by atoms with Crippen molar-refractivity contribution in [2.45, 2.75) is 19.4 Å². The van der Waals surface area contributed by atoms with E-state index in [4.69, 9.17) is 5.73 Å². The summed E-state index contributed by atoms with van der Waals surface area (Å²) in [6.07, 6.45) is 0.363. The molecule has 1 aromatic carbocycles. The normalized spacial score (nSPS) is 19.9. The third-order valence-electron chi connectivity index (χ3n) is 3.73. The van der Waals surface area contributed by atoms with Gasteiger partial charge in [0.1, 0.15) is 0 Å². The summed E-state index contributed by atoms with van der Waals surface area (Å²) in [5.41, 5.74) is 6.33. The summed E-state index contributed by atoms with van der Waals surface area (Å²) in [6, 6.07) is 10.1.